The van der Waals surface area contributed by atoms with Crippen LogP contribution in [0.25, 0.3) is 11.3 Å². The van der Waals surface area contributed by atoms with Crippen molar-refractivity contribution in [3.05, 3.63) is 70.0 Å². The smallest absolute Gasteiger partial charge is 0.266 e. The molecule has 1 heterocycles. The molecule has 3 aromatic rings. The lowest BCUT2D eigenvalue weighted by Gasteiger charge is -2.16. The van der Waals surface area contributed by atoms with Crippen molar-refractivity contribution in [2.45, 2.75) is 33.4 Å². The summed E-state index contributed by atoms with van der Waals surface area (Å²) in [6.07, 6.45) is -0.671. The third kappa shape index (κ3) is 5.91. The minimum absolute atomic E-state index is 0.224. The molecule has 3 rings (SSSR count). The first-order valence-electron chi connectivity index (χ1n) is 10.6. The highest BCUT2D eigenvalue weighted by Crippen LogP contribution is 2.31. The zero-order valence-corrected chi connectivity index (χ0v) is 19.5. The van der Waals surface area contributed by atoms with Gasteiger partial charge in [0.2, 0.25) is 0 Å². The van der Waals surface area contributed by atoms with Crippen LogP contribution in [0.3, 0.4) is 0 Å². The van der Waals surface area contributed by atoms with Crippen LogP contribution in [0.15, 0.2) is 53.3 Å². The minimum Gasteiger partial charge on any atom is -0.493 e. The van der Waals surface area contributed by atoms with Crippen LogP contribution in [0.4, 0.5) is 0 Å². The molecular weight excluding hydrogens is 422 g/mol. The Hall–Kier alpha value is -3.81. The quantitative estimate of drug-likeness (QED) is 0.538. The van der Waals surface area contributed by atoms with E-state index in [9.17, 15) is 9.59 Å². The molecule has 0 spiro atoms. The van der Waals surface area contributed by atoms with Crippen molar-refractivity contribution in [3.8, 4) is 28.5 Å². The van der Waals surface area contributed by atoms with Crippen molar-refractivity contribution in [1.82, 2.24) is 15.1 Å². The van der Waals surface area contributed by atoms with Gasteiger partial charge in [-0.25, -0.2) is 4.68 Å². The van der Waals surface area contributed by atoms with Crippen molar-refractivity contribution in [2.75, 3.05) is 20.8 Å². The van der Waals surface area contributed by atoms with E-state index in [0.717, 1.165) is 16.7 Å². The number of nitrogens with zero attached hydrogens (tertiary/aromatic N) is 2. The first kappa shape index (κ1) is 23.8. The van der Waals surface area contributed by atoms with Gasteiger partial charge in [-0.1, -0.05) is 6.07 Å². The van der Waals surface area contributed by atoms with Gasteiger partial charge in [0.05, 0.1) is 26.5 Å². The zero-order valence-electron chi connectivity index (χ0n) is 19.5. The second-order valence-electron chi connectivity index (χ2n) is 7.65. The summed E-state index contributed by atoms with van der Waals surface area (Å²) in [5.74, 6) is 1.55. The van der Waals surface area contributed by atoms with E-state index in [4.69, 9.17) is 14.2 Å². The third-order valence-electron chi connectivity index (χ3n) is 5.33. The molecule has 0 saturated heterocycles. The lowest BCUT2D eigenvalue weighted by molar-refractivity contribution is -0.127. The summed E-state index contributed by atoms with van der Waals surface area (Å²) in [6.45, 7) is 6.16. The molecule has 0 aliphatic heterocycles. The standard InChI is InChI=1S/C25H29N3O5/c1-16-6-8-20(14-17(16)2)33-18(3)25(30)26-12-13-28-24(29)11-9-21(27-28)19-7-10-22(31-4)23(15-19)32-5/h6-11,14-15,18H,12-13H2,1-5H3,(H,26,30). The Kier molecular flexibility index (Phi) is 7.71. The van der Waals surface area contributed by atoms with Gasteiger partial charge >= 0.3 is 0 Å². The highest BCUT2D eigenvalue weighted by Gasteiger charge is 2.15. The fraction of sp³-hybridized carbons (Fsp3) is 0.320. The van der Waals surface area contributed by atoms with Gasteiger partial charge in [-0.05, 0) is 68.3 Å². The maximum atomic E-state index is 12.4. The molecule has 0 fully saturated rings. The molecule has 1 amide bonds. The largest absolute Gasteiger partial charge is 0.493 e. The van der Waals surface area contributed by atoms with Gasteiger partial charge in [0, 0.05) is 18.2 Å². The van der Waals surface area contributed by atoms with E-state index in [1.165, 1.54) is 10.7 Å². The van der Waals surface area contributed by atoms with Gasteiger partial charge in [0.1, 0.15) is 5.75 Å². The monoisotopic (exact) mass is 451 g/mol. The van der Waals surface area contributed by atoms with Gasteiger partial charge in [-0.3, -0.25) is 9.59 Å². The third-order valence-corrected chi connectivity index (χ3v) is 5.33. The van der Waals surface area contributed by atoms with Crippen LogP contribution in [-0.2, 0) is 11.3 Å². The molecular formula is C25H29N3O5. The number of rotatable bonds is 9. The summed E-state index contributed by atoms with van der Waals surface area (Å²) in [7, 11) is 3.13. The molecule has 0 bridgehead atoms. The maximum absolute atomic E-state index is 12.4. The SMILES string of the molecule is COc1ccc(-c2ccc(=O)n(CCNC(=O)C(C)Oc3ccc(C)c(C)c3)n2)cc1OC. The van der Waals surface area contributed by atoms with Gasteiger partial charge in [0.15, 0.2) is 17.6 Å². The van der Waals surface area contributed by atoms with Crippen LogP contribution in [-0.4, -0.2) is 42.6 Å². The van der Waals surface area contributed by atoms with E-state index in [0.29, 0.717) is 22.9 Å². The lowest BCUT2D eigenvalue weighted by Crippen LogP contribution is -2.39. The first-order valence-corrected chi connectivity index (χ1v) is 10.6. The van der Waals surface area contributed by atoms with Crippen molar-refractivity contribution in [3.63, 3.8) is 0 Å². The van der Waals surface area contributed by atoms with Crippen LogP contribution in [0.1, 0.15) is 18.1 Å². The highest BCUT2D eigenvalue weighted by atomic mass is 16.5. The molecule has 0 saturated carbocycles. The molecule has 0 radical (unpaired) electrons. The first-order chi connectivity index (χ1) is 15.8. The molecule has 174 valence electrons. The Bertz CT molecular complexity index is 1190. The zero-order chi connectivity index (χ0) is 24.0. The van der Waals surface area contributed by atoms with Crippen LogP contribution >= 0.6 is 0 Å². The number of carbonyl (C=O) groups excluding carboxylic acids is 1. The number of benzene rings is 2. The second-order valence-corrected chi connectivity index (χ2v) is 7.65. The molecule has 0 aliphatic carbocycles. The minimum atomic E-state index is -0.671. The summed E-state index contributed by atoms with van der Waals surface area (Å²) in [5.41, 5.74) is 3.38. The molecule has 1 unspecified atom stereocenters. The van der Waals surface area contributed by atoms with Crippen LogP contribution in [0.5, 0.6) is 17.2 Å². The molecule has 33 heavy (non-hydrogen) atoms. The Morgan fingerprint density at radius 3 is 2.45 bits per heavy atom. The number of hydrogen-bond acceptors (Lipinski definition) is 6. The molecule has 8 heteroatoms. The second kappa shape index (κ2) is 10.7. The number of ether oxygens (including phenoxy) is 3. The van der Waals surface area contributed by atoms with Crippen LogP contribution in [0, 0.1) is 13.8 Å². The molecule has 8 nitrogen and oxygen atoms in total. The molecule has 1 N–H and O–H groups in total. The molecule has 1 atom stereocenters. The number of amides is 1. The summed E-state index contributed by atoms with van der Waals surface area (Å²) < 4.78 is 17.7. The van der Waals surface area contributed by atoms with Gasteiger partial charge < -0.3 is 19.5 Å². The average Bonchev–Trinajstić information content (AvgIpc) is 2.82. The molecule has 1 aromatic heterocycles. The van der Waals surface area contributed by atoms with E-state index in [1.54, 1.807) is 39.3 Å². The highest BCUT2D eigenvalue weighted by molar-refractivity contribution is 5.80. The van der Waals surface area contributed by atoms with Crippen molar-refractivity contribution in [1.29, 1.82) is 0 Å². The van der Waals surface area contributed by atoms with E-state index in [1.807, 2.05) is 38.1 Å². The number of carbonyl (C=O) groups is 1. The van der Waals surface area contributed by atoms with Crippen molar-refractivity contribution >= 4 is 5.91 Å². The van der Waals surface area contributed by atoms with Crippen LogP contribution in [0.2, 0.25) is 0 Å². The van der Waals surface area contributed by atoms with Crippen molar-refractivity contribution in [2.24, 2.45) is 0 Å². The predicted octanol–water partition coefficient (Wildman–Crippen LogP) is 3.13. The number of hydrogen-bond donors (Lipinski definition) is 1. The van der Waals surface area contributed by atoms with E-state index >= 15 is 0 Å². The van der Waals surface area contributed by atoms with E-state index in [-0.39, 0.29) is 24.6 Å². The number of aryl methyl sites for hydroxylation is 2. The Balaban J connectivity index is 1.62. The van der Waals surface area contributed by atoms with Crippen LogP contribution < -0.4 is 25.1 Å². The summed E-state index contributed by atoms with van der Waals surface area (Å²) in [4.78, 5) is 24.7. The Morgan fingerprint density at radius 2 is 1.76 bits per heavy atom. The van der Waals surface area contributed by atoms with E-state index < -0.39 is 6.10 Å². The normalized spacial score (nSPS) is 11.5. The summed E-state index contributed by atoms with van der Waals surface area (Å²) >= 11 is 0. The Morgan fingerprint density at radius 1 is 1.00 bits per heavy atom. The summed E-state index contributed by atoms with van der Waals surface area (Å²) in [6, 6.07) is 14.2. The van der Waals surface area contributed by atoms with Crippen molar-refractivity contribution < 1.29 is 19.0 Å². The Labute approximate surface area is 193 Å². The molecule has 2 aromatic carbocycles. The number of methoxy groups -OCH3 is 2. The van der Waals surface area contributed by atoms with E-state index in [2.05, 4.69) is 10.4 Å². The number of nitrogens with one attached hydrogen (secondary N) is 1. The maximum Gasteiger partial charge on any atom is 0.266 e. The average molecular weight is 452 g/mol. The summed E-state index contributed by atoms with van der Waals surface area (Å²) in [5, 5.41) is 7.22. The lowest BCUT2D eigenvalue weighted by atomic mass is 10.1. The molecule has 0 aliphatic rings. The number of aromatic nitrogens is 2. The predicted molar refractivity (Wildman–Crippen MR) is 126 cm³/mol. The fourth-order valence-corrected chi connectivity index (χ4v) is 3.23. The van der Waals surface area contributed by atoms with Gasteiger partial charge in [0.25, 0.3) is 11.5 Å². The fourth-order valence-electron chi connectivity index (χ4n) is 3.23. The topological polar surface area (TPSA) is 91.7 Å². The van der Waals surface area contributed by atoms with Gasteiger partial charge in [-0.15, -0.1) is 0 Å². The van der Waals surface area contributed by atoms with Gasteiger partial charge in [-0.2, -0.15) is 5.10 Å².